The van der Waals surface area contributed by atoms with Crippen molar-refractivity contribution in [3.8, 4) is 5.75 Å². The summed E-state index contributed by atoms with van der Waals surface area (Å²) >= 11 is 5.06. The molecule has 1 aromatic heterocycles. The largest absolute Gasteiger partial charge is 0.488 e. The molecule has 0 radical (unpaired) electrons. The van der Waals surface area contributed by atoms with Crippen LogP contribution in [0.5, 0.6) is 5.75 Å². The number of fused-ring (bicyclic) bond motifs is 2. The first-order valence-corrected chi connectivity index (χ1v) is 17.0. The summed E-state index contributed by atoms with van der Waals surface area (Å²) in [6, 6.07) is 10.2. The van der Waals surface area contributed by atoms with Gasteiger partial charge in [0.2, 0.25) is 5.91 Å². The molecule has 1 saturated carbocycles. The summed E-state index contributed by atoms with van der Waals surface area (Å²) in [7, 11) is 0. The maximum Gasteiger partial charge on any atom is 0.265 e. The molecule has 4 aliphatic rings. The van der Waals surface area contributed by atoms with E-state index in [0.717, 1.165) is 47.7 Å². The molecule has 2 aromatic carbocycles. The number of rotatable bonds is 6. The summed E-state index contributed by atoms with van der Waals surface area (Å²) in [4.78, 5) is 63.8. The van der Waals surface area contributed by atoms with Crippen molar-refractivity contribution in [2.75, 3.05) is 26.2 Å². The van der Waals surface area contributed by atoms with E-state index in [0.29, 0.717) is 54.2 Å². The molecule has 0 unspecified atom stereocenters. The molecule has 2 atom stereocenters. The Morgan fingerprint density at radius 3 is 2.43 bits per heavy atom. The molecule has 0 N–H and O–H groups in total. The molecule has 0 bridgehead atoms. The first-order valence-electron chi connectivity index (χ1n) is 15.3. The van der Waals surface area contributed by atoms with Crippen molar-refractivity contribution in [3.05, 3.63) is 79.7 Å². The van der Waals surface area contributed by atoms with Gasteiger partial charge in [0.15, 0.2) is 0 Å². The minimum absolute atomic E-state index is 0.0469. The quantitative estimate of drug-likeness (QED) is 0.320. The highest BCUT2D eigenvalue weighted by atomic mass is 79.9. The number of carbonyl (C=O) groups is 4. The molecular weight excluding hydrogens is 644 g/mol. The van der Waals surface area contributed by atoms with E-state index in [2.05, 4.69) is 20.9 Å². The number of hydrogen-bond acceptors (Lipinski definition) is 7. The predicted molar refractivity (Wildman–Crippen MR) is 168 cm³/mol. The molecule has 9 nitrogen and oxygen atoms in total. The number of likely N-dealkylation sites (tertiary alicyclic amines) is 1. The van der Waals surface area contributed by atoms with Gasteiger partial charge in [-0.05, 0) is 49.1 Å². The smallest absolute Gasteiger partial charge is 0.265 e. The van der Waals surface area contributed by atoms with Crippen LogP contribution in [0.25, 0.3) is 0 Å². The second-order valence-corrected chi connectivity index (χ2v) is 13.7. The zero-order chi connectivity index (χ0) is 30.4. The Kier molecular flexibility index (Phi) is 8.01. The van der Waals surface area contributed by atoms with E-state index in [1.807, 2.05) is 17.0 Å². The molecular formula is C33H33BrN4O5S. The Morgan fingerprint density at radius 2 is 1.73 bits per heavy atom. The van der Waals surface area contributed by atoms with E-state index >= 15 is 0 Å². The van der Waals surface area contributed by atoms with Crippen molar-refractivity contribution in [1.82, 2.24) is 19.7 Å². The second-order valence-electron chi connectivity index (χ2n) is 12.0. The lowest BCUT2D eigenvalue weighted by atomic mass is 9.85. The number of thiazole rings is 1. The Bertz CT molecular complexity index is 1590. The van der Waals surface area contributed by atoms with E-state index in [-0.39, 0.29) is 42.2 Å². The van der Waals surface area contributed by atoms with Crippen LogP contribution in [0.4, 0.5) is 0 Å². The van der Waals surface area contributed by atoms with Gasteiger partial charge in [0, 0.05) is 35.5 Å². The number of benzene rings is 2. The fourth-order valence-corrected chi connectivity index (χ4v) is 8.29. The van der Waals surface area contributed by atoms with Crippen LogP contribution in [0.2, 0.25) is 0 Å². The van der Waals surface area contributed by atoms with E-state index < -0.39 is 6.04 Å². The Labute approximate surface area is 268 Å². The van der Waals surface area contributed by atoms with Crippen molar-refractivity contribution >= 4 is 50.9 Å². The summed E-state index contributed by atoms with van der Waals surface area (Å²) in [5.74, 6) is -0.0773. The van der Waals surface area contributed by atoms with Gasteiger partial charge in [0.1, 0.15) is 16.7 Å². The van der Waals surface area contributed by atoms with Crippen LogP contribution in [-0.4, -0.2) is 75.6 Å². The third kappa shape index (κ3) is 5.23. The maximum atomic E-state index is 14.1. The number of nitrogens with zero attached hydrogens (tertiary/aromatic N) is 4. The van der Waals surface area contributed by atoms with Gasteiger partial charge in [-0.15, -0.1) is 11.3 Å². The molecule has 3 aromatic rings. The highest BCUT2D eigenvalue weighted by Gasteiger charge is 2.43. The topological polar surface area (TPSA) is 100 Å². The van der Waals surface area contributed by atoms with Gasteiger partial charge in [-0.3, -0.25) is 29.1 Å². The molecule has 1 saturated heterocycles. The van der Waals surface area contributed by atoms with Crippen LogP contribution >= 0.6 is 27.3 Å². The third-order valence-electron chi connectivity index (χ3n) is 9.41. The van der Waals surface area contributed by atoms with Gasteiger partial charge in [-0.1, -0.05) is 47.3 Å². The molecule has 7 rings (SSSR count). The number of ether oxygens (including phenoxy) is 1. The summed E-state index contributed by atoms with van der Waals surface area (Å²) in [6.45, 7) is 1.56. The van der Waals surface area contributed by atoms with Crippen LogP contribution in [0.1, 0.15) is 86.1 Å². The number of carbonyl (C=O) groups excluding carboxylic acids is 4. The molecule has 4 heterocycles. The fraction of sp³-hybridized carbons (Fsp3) is 0.424. The van der Waals surface area contributed by atoms with Crippen LogP contribution in [0, 0.1) is 5.92 Å². The van der Waals surface area contributed by atoms with Gasteiger partial charge in [-0.2, -0.15) is 0 Å². The van der Waals surface area contributed by atoms with E-state index in [1.165, 1.54) is 16.2 Å². The highest BCUT2D eigenvalue weighted by molar-refractivity contribution is 9.10. The average Bonchev–Trinajstić information content (AvgIpc) is 3.81. The number of halogens is 1. The lowest BCUT2D eigenvalue weighted by molar-refractivity contribution is -0.140. The summed E-state index contributed by atoms with van der Waals surface area (Å²) in [5, 5.41) is 0. The van der Waals surface area contributed by atoms with E-state index in [1.54, 1.807) is 40.9 Å². The van der Waals surface area contributed by atoms with E-state index in [9.17, 15) is 19.2 Å². The molecule has 1 aliphatic carbocycles. The van der Waals surface area contributed by atoms with Crippen molar-refractivity contribution in [2.24, 2.45) is 5.92 Å². The standard InChI is InChI=1S/C33H33BrN4O5S/c34-25-10-11-27(43-21-12-14-36(17-21)33(42)28-16-35-19-44-28)29-24(25)13-15-37(30(39)20-6-2-1-3-7-20)26(29)18-38-31(40)22-8-4-5-9-23(22)32(38)41/h4-5,8-11,16,19-21,26H,1-3,6-7,12-15,17-18H2/t21-,26+/m0/s1. The van der Waals surface area contributed by atoms with Crippen LogP contribution in [0.15, 0.2) is 52.6 Å². The summed E-state index contributed by atoms with van der Waals surface area (Å²) in [6.07, 6.45) is 7.57. The highest BCUT2D eigenvalue weighted by Crippen LogP contribution is 2.43. The van der Waals surface area contributed by atoms with Crippen molar-refractivity contribution in [3.63, 3.8) is 0 Å². The molecule has 228 valence electrons. The second kappa shape index (κ2) is 12.1. The molecule has 3 aliphatic heterocycles. The zero-order valence-electron chi connectivity index (χ0n) is 24.2. The van der Waals surface area contributed by atoms with Gasteiger partial charge < -0.3 is 14.5 Å². The minimum Gasteiger partial charge on any atom is -0.488 e. The van der Waals surface area contributed by atoms with Crippen LogP contribution < -0.4 is 4.74 Å². The van der Waals surface area contributed by atoms with Crippen LogP contribution in [-0.2, 0) is 11.2 Å². The zero-order valence-corrected chi connectivity index (χ0v) is 26.6. The SMILES string of the molecule is O=C(c1cncs1)N1CC[C@H](Oc2ccc(Br)c3c2[C@@H](CN2C(=O)c4ccccc4C2=O)N(C(=O)C2CCCCC2)CC3)C1. The molecule has 4 amide bonds. The van der Waals surface area contributed by atoms with E-state index in [4.69, 9.17) is 4.74 Å². The third-order valence-corrected chi connectivity index (χ3v) is 10.9. The maximum absolute atomic E-state index is 14.1. The van der Waals surface area contributed by atoms with Gasteiger partial charge >= 0.3 is 0 Å². The van der Waals surface area contributed by atoms with Crippen molar-refractivity contribution < 1.29 is 23.9 Å². The lowest BCUT2D eigenvalue weighted by Gasteiger charge is -2.42. The fourth-order valence-electron chi connectivity index (χ4n) is 7.16. The molecule has 0 spiro atoms. The number of imide groups is 1. The summed E-state index contributed by atoms with van der Waals surface area (Å²) in [5.41, 5.74) is 4.29. The normalized spacial score (nSPS) is 21.9. The van der Waals surface area contributed by atoms with Crippen molar-refractivity contribution in [2.45, 2.75) is 57.1 Å². The Balaban J connectivity index is 1.22. The lowest BCUT2D eigenvalue weighted by Crippen LogP contribution is -2.49. The van der Waals surface area contributed by atoms with Gasteiger partial charge in [0.05, 0.1) is 42.0 Å². The van der Waals surface area contributed by atoms with Crippen LogP contribution in [0.3, 0.4) is 0 Å². The monoisotopic (exact) mass is 676 g/mol. The molecule has 44 heavy (non-hydrogen) atoms. The number of aromatic nitrogens is 1. The molecule has 2 fully saturated rings. The average molecular weight is 678 g/mol. The predicted octanol–water partition coefficient (Wildman–Crippen LogP) is 5.50. The molecule has 11 heteroatoms. The summed E-state index contributed by atoms with van der Waals surface area (Å²) < 4.78 is 7.56. The number of amides is 4. The van der Waals surface area contributed by atoms with Gasteiger partial charge in [0.25, 0.3) is 17.7 Å². The Hall–Kier alpha value is -3.57. The first kappa shape index (κ1) is 29.2. The van der Waals surface area contributed by atoms with Gasteiger partial charge in [-0.25, -0.2) is 0 Å². The number of hydrogen-bond donors (Lipinski definition) is 0. The van der Waals surface area contributed by atoms with Crippen molar-refractivity contribution in [1.29, 1.82) is 0 Å². The Morgan fingerprint density at radius 1 is 0.977 bits per heavy atom. The first-order chi connectivity index (χ1) is 21.4. The minimum atomic E-state index is -0.556.